The van der Waals surface area contributed by atoms with Crippen LogP contribution < -0.4 is 10.6 Å². The van der Waals surface area contributed by atoms with Gasteiger partial charge in [0.25, 0.3) is 0 Å². The third-order valence-electron chi connectivity index (χ3n) is 3.99. The summed E-state index contributed by atoms with van der Waals surface area (Å²) >= 11 is 0. The fourth-order valence-corrected chi connectivity index (χ4v) is 2.64. The third-order valence-corrected chi connectivity index (χ3v) is 3.99. The Kier molecular flexibility index (Phi) is 4.41. The second-order valence-corrected chi connectivity index (χ2v) is 5.60. The molecule has 0 aromatic heterocycles. The number of urea groups is 1. The SMILES string of the molecule is CC1(CO)CCCC1NC(=O)Nc1c(F)cc(F)cc1F. The summed E-state index contributed by atoms with van der Waals surface area (Å²) < 4.78 is 39.7. The molecular formula is C14H17F3N2O2. The Morgan fingerprint density at radius 1 is 1.38 bits per heavy atom. The Morgan fingerprint density at radius 3 is 2.57 bits per heavy atom. The lowest BCUT2D eigenvalue weighted by molar-refractivity contribution is 0.122. The topological polar surface area (TPSA) is 61.4 Å². The number of benzene rings is 1. The molecule has 116 valence electrons. The van der Waals surface area contributed by atoms with Crippen molar-refractivity contribution in [1.82, 2.24) is 5.32 Å². The molecule has 21 heavy (non-hydrogen) atoms. The molecule has 4 nitrogen and oxygen atoms in total. The van der Waals surface area contributed by atoms with E-state index in [2.05, 4.69) is 5.32 Å². The second kappa shape index (κ2) is 5.93. The van der Waals surface area contributed by atoms with Gasteiger partial charge in [-0.15, -0.1) is 0 Å². The molecule has 2 unspecified atom stereocenters. The lowest BCUT2D eigenvalue weighted by atomic mass is 9.86. The number of carbonyl (C=O) groups is 1. The van der Waals surface area contributed by atoms with Gasteiger partial charge in [0.1, 0.15) is 11.5 Å². The second-order valence-electron chi connectivity index (χ2n) is 5.60. The zero-order chi connectivity index (χ0) is 15.6. The number of halogens is 3. The van der Waals surface area contributed by atoms with Gasteiger partial charge in [-0.3, -0.25) is 0 Å². The minimum atomic E-state index is -1.18. The van der Waals surface area contributed by atoms with Crippen molar-refractivity contribution in [1.29, 1.82) is 0 Å². The van der Waals surface area contributed by atoms with Gasteiger partial charge < -0.3 is 15.7 Å². The maximum Gasteiger partial charge on any atom is 0.319 e. The standard InChI is InChI=1S/C14H17F3N2O2/c1-14(7-20)4-2-3-11(14)18-13(21)19-12-9(16)5-8(15)6-10(12)17/h5-6,11,20H,2-4,7H2,1H3,(H2,18,19,21). The number of amides is 2. The van der Waals surface area contributed by atoms with Gasteiger partial charge in [0.05, 0.1) is 6.61 Å². The van der Waals surface area contributed by atoms with Crippen LogP contribution >= 0.6 is 0 Å². The van der Waals surface area contributed by atoms with Crippen LogP contribution in [0.1, 0.15) is 26.2 Å². The van der Waals surface area contributed by atoms with E-state index in [0.717, 1.165) is 12.8 Å². The van der Waals surface area contributed by atoms with Crippen molar-refractivity contribution < 1.29 is 23.1 Å². The summed E-state index contributed by atoms with van der Waals surface area (Å²) in [6, 6.07) is -0.0851. The van der Waals surface area contributed by atoms with E-state index in [1.54, 1.807) is 0 Å². The summed E-state index contributed by atoms with van der Waals surface area (Å²) in [6.45, 7) is 1.75. The highest BCUT2D eigenvalue weighted by atomic mass is 19.1. The zero-order valence-corrected chi connectivity index (χ0v) is 11.5. The number of nitrogens with one attached hydrogen (secondary N) is 2. The fourth-order valence-electron chi connectivity index (χ4n) is 2.64. The summed E-state index contributed by atoms with van der Waals surface area (Å²) in [5, 5.41) is 14.0. The van der Waals surface area contributed by atoms with E-state index in [4.69, 9.17) is 0 Å². The highest BCUT2D eigenvalue weighted by Crippen LogP contribution is 2.37. The molecule has 1 fully saturated rings. The number of aliphatic hydroxyl groups is 1. The van der Waals surface area contributed by atoms with Gasteiger partial charge in [-0.2, -0.15) is 0 Å². The first kappa shape index (κ1) is 15.6. The molecule has 1 aromatic carbocycles. The van der Waals surface area contributed by atoms with Crippen molar-refractivity contribution in [2.45, 2.75) is 32.2 Å². The number of rotatable bonds is 3. The Balaban J connectivity index is 2.06. The van der Waals surface area contributed by atoms with Crippen LogP contribution in [0, 0.1) is 22.9 Å². The molecule has 0 aliphatic heterocycles. The summed E-state index contributed by atoms with van der Waals surface area (Å²) in [4.78, 5) is 11.8. The van der Waals surface area contributed by atoms with E-state index >= 15 is 0 Å². The largest absolute Gasteiger partial charge is 0.396 e. The first-order chi connectivity index (χ1) is 9.85. The molecule has 2 amide bonds. The summed E-state index contributed by atoms with van der Waals surface area (Å²) in [5.41, 5.74) is -1.14. The highest BCUT2D eigenvalue weighted by Gasteiger charge is 2.39. The van der Waals surface area contributed by atoms with Crippen molar-refractivity contribution in [2.24, 2.45) is 5.41 Å². The molecule has 2 rings (SSSR count). The predicted octanol–water partition coefficient (Wildman–Crippen LogP) is 2.78. The average Bonchev–Trinajstić information content (AvgIpc) is 2.76. The Labute approximate surface area is 120 Å². The molecule has 3 N–H and O–H groups in total. The minimum Gasteiger partial charge on any atom is -0.396 e. The van der Waals surface area contributed by atoms with Crippen LogP contribution in [-0.4, -0.2) is 23.8 Å². The van der Waals surface area contributed by atoms with Crippen molar-refractivity contribution in [3.05, 3.63) is 29.6 Å². The maximum absolute atomic E-state index is 13.4. The molecule has 1 aliphatic carbocycles. The molecule has 0 bridgehead atoms. The molecule has 2 atom stereocenters. The van der Waals surface area contributed by atoms with Crippen LogP contribution in [0.4, 0.5) is 23.7 Å². The van der Waals surface area contributed by atoms with Crippen molar-refractivity contribution in [3.63, 3.8) is 0 Å². The van der Waals surface area contributed by atoms with Crippen molar-refractivity contribution in [3.8, 4) is 0 Å². The number of hydrogen-bond acceptors (Lipinski definition) is 2. The first-order valence-electron chi connectivity index (χ1n) is 6.68. The molecule has 0 saturated heterocycles. The van der Waals surface area contributed by atoms with Gasteiger partial charge in [-0.1, -0.05) is 13.3 Å². The van der Waals surface area contributed by atoms with Crippen LogP contribution in [0.15, 0.2) is 12.1 Å². The number of hydrogen-bond donors (Lipinski definition) is 3. The van der Waals surface area contributed by atoms with E-state index in [9.17, 15) is 23.1 Å². The van der Waals surface area contributed by atoms with E-state index in [0.29, 0.717) is 18.6 Å². The van der Waals surface area contributed by atoms with Gasteiger partial charge in [-0.25, -0.2) is 18.0 Å². The average molecular weight is 302 g/mol. The summed E-state index contributed by atoms with van der Waals surface area (Å²) in [5.74, 6) is -3.42. The Morgan fingerprint density at radius 2 is 2.00 bits per heavy atom. The molecular weight excluding hydrogens is 285 g/mol. The van der Waals surface area contributed by atoms with Crippen LogP contribution in [0.2, 0.25) is 0 Å². The quantitative estimate of drug-likeness (QED) is 0.804. The normalized spacial score (nSPS) is 24.9. The maximum atomic E-state index is 13.4. The van der Waals surface area contributed by atoms with Gasteiger partial charge in [0, 0.05) is 23.6 Å². The summed E-state index contributed by atoms with van der Waals surface area (Å²) in [6.07, 6.45) is 2.29. The first-order valence-corrected chi connectivity index (χ1v) is 6.68. The molecule has 0 heterocycles. The van der Waals surface area contributed by atoms with Crippen molar-refractivity contribution in [2.75, 3.05) is 11.9 Å². The zero-order valence-electron chi connectivity index (χ0n) is 11.5. The van der Waals surface area contributed by atoms with Crippen molar-refractivity contribution >= 4 is 11.7 Å². The van der Waals surface area contributed by atoms with Crippen LogP contribution in [0.25, 0.3) is 0 Å². The van der Waals surface area contributed by atoms with Crippen LogP contribution in [0.3, 0.4) is 0 Å². The summed E-state index contributed by atoms with van der Waals surface area (Å²) in [7, 11) is 0. The molecule has 1 saturated carbocycles. The van der Waals surface area contributed by atoms with E-state index in [1.807, 2.05) is 12.2 Å². The molecule has 7 heteroatoms. The van der Waals surface area contributed by atoms with E-state index in [-0.39, 0.29) is 12.6 Å². The van der Waals surface area contributed by atoms with E-state index in [1.165, 1.54) is 0 Å². The van der Waals surface area contributed by atoms with Gasteiger partial charge in [-0.05, 0) is 12.8 Å². The Hall–Kier alpha value is -1.76. The molecule has 1 aliphatic rings. The Bertz CT molecular complexity index is 530. The molecule has 0 spiro atoms. The lowest BCUT2D eigenvalue weighted by Gasteiger charge is -2.30. The van der Waals surface area contributed by atoms with Gasteiger partial charge in [0.15, 0.2) is 11.6 Å². The highest BCUT2D eigenvalue weighted by molar-refractivity contribution is 5.89. The van der Waals surface area contributed by atoms with Crippen LogP contribution in [0.5, 0.6) is 0 Å². The smallest absolute Gasteiger partial charge is 0.319 e. The number of carbonyl (C=O) groups excluding carboxylic acids is 1. The minimum absolute atomic E-state index is 0.0861. The molecule has 1 aromatic rings. The van der Waals surface area contributed by atoms with Gasteiger partial charge >= 0.3 is 6.03 Å². The molecule has 0 radical (unpaired) electrons. The fraction of sp³-hybridized carbons (Fsp3) is 0.500. The lowest BCUT2D eigenvalue weighted by Crippen LogP contribution is -2.46. The van der Waals surface area contributed by atoms with Gasteiger partial charge in [0.2, 0.25) is 0 Å². The number of anilines is 1. The predicted molar refractivity (Wildman–Crippen MR) is 71.3 cm³/mol. The monoisotopic (exact) mass is 302 g/mol. The van der Waals surface area contributed by atoms with E-state index < -0.39 is 34.6 Å². The third kappa shape index (κ3) is 3.29. The van der Waals surface area contributed by atoms with Crippen LogP contribution in [-0.2, 0) is 0 Å². The number of aliphatic hydroxyl groups excluding tert-OH is 1.